The predicted octanol–water partition coefficient (Wildman–Crippen LogP) is -0.0471. The first-order chi connectivity index (χ1) is 9.16. The summed E-state index contributed by atoms with van der Waals surface area (Å²) in [6.07, 6.45) is 1.27. The molecular formula is C10H16ClN5O3S. The van der Waals surface area contributed by atoms with Crippen molar-refractivity contribution in [2.24, 2.45) is 11.6 Å². The van der Waals surface area contributed by atoms with Gasteiger partial charge in [0.1, 0.15) is 10.4 Å². The quantitative estimate of drug-likeness (QED) is 0.428. The smallest absolute Gasteiger partial charge is 0.243 e. The molecule has 0 spiro atoms. The lowest BCUT2D eigenvalue weighted by Gasteiger charge is -2.25. The molecule has 0 fully saturated rings. The van der Waals surface area contributed by atoms with E-state index in [1.807, 2.05) is 0 Å². The van der Waals surface area contributed by atoms with Gasteiger partial charge in [-0.2, -0.15) is 4.72 Å². The van der Waals surface area contributed by atoms with E-state index in [1.165, 1.54) is 13.0 Å². The van der Waals surface area contributed by atoms with Crippen molar-refractivity contribution in [3.63, 3.8) is 0 Å². The third kappa shape index (κ3) is 3.37. The van der Waals surface area contributed by atoms with Crippen LogP contribution in [0.5, 0.6) is 0 Å². The molecule has 0 saturated heterocycles. The fraction of sp³-hybridized carbons (Fsp3) is 0.400. The molecule has 20 heavy (non-hydrogen) atoms. The molecule has 0 saturated carbocycles. The number of anilines is 1. The second-order valence-corrected chi connectivity index (χ2v) is 6.39. The fourth-order valence-electron chi connectivity index (χ4n) is 1.33. The summed E-state index contributed by atoms with van der Waals surface area (Å²) in [5, 5.41) is 0.0349. The summed E-state index contributed by atoms with van der Waals surface area (Å²) in [6, 6.07) is 1.17. The van der Waals surface area contributed by atoms with Crippen molar-refractivity contribution in [2.45, 2.75) is 30.7 Å². The van der Waals surface area contributed by atoms with Crippen molar-refractivity contribution in [3.05, 3.63) is 17.3 Å². The van der Waals surface area contributed by atoms with E-state index < -0.39 is 21.5 Å². The van der Waals surface area contributed by atoms with Gasteiger partial charge in [-0.15, -0.1) is 0 Å². The first kappa shape index (κ1) is 16.6. The second-order valence-electron chi connectivity index (χ2n) is 4.30. The molecule has 10 heteroatoms. The third-order valence-electron chi connectivity index (χ3n) is 2.87. The van der Waals surface area contributed by atoms with Crippen LogP contribution in [0.3, 0.4) is 0 Å². The van der Waals surface area contributed by atoms with Gasteiger partial charge >= 0.3 is 0 Å². The van der Waals surface area contributed by atoms with E-state index in [0.29, 0.717) is 0 Å². The zero-order valence-corrected chi connectivity index (χ0v) is 12.5. The third-order valence-corrected chi connectivity index (χ3v) is 4.72. The van der Waals surface area contributed by atoms with Gasteiger partial charge in [-0.05, 0) is 19.4 Å². The molecule has 1 aromatic heterocycles. The number of nitrogens with zero attached hydrogens (tertiary/aromatic N) is 1. The first-order valence-corrected chi connectivity index (χ1v) is 7.48. The second kappa shape index (κ2) is 5.92. The molecule has 1 amide bonds. The van der Waals surface area contributed by atoms with Gasteiger partial charge in [0.2, 0.25) is 15.9 Å². The minimum Gasteiger partial charge on any atom is -0.368 e. The van der Waals surface area contributed by atoms with E-state index >= 15 is 0 Å². The Balaban J connectivity index is 3.18. The Hall–Kier alpha value is -1.42. The zero-order chi connectivity index (χ0) is 15.6. The number of hydrazine groups is 1. The Bertz CT molecular complexity index is 621. The van der Waals surface area contributed by atoms with Crippen molar-refractivity contribution in [2.75, 3.05) is 5.43 Å². The van der Waals surface area contributed by atoms with Crippen LogP contribution < -0.4 is 21.7 Å². The maximum absolute atomic E-state index is 12.2. The molecule has 0 aromatic carbocycles. The lowest BCUT2D eigenvalue weighted by molar-refractivity contribution is -0.123. The molecule has 1 rings (SSSR count). The summed E-state index contributed by atoms with van der Waals surface area (Å²) in [5.41, 5.74) is 6.03. The van der Waals surface area contributed by atoms with Crippen LogP contribution in [0, 0.1) is 0 Å². The molecule has 0 aliphatic heterocycles. The van der Waals surface area contributed by atoms with Gasteiger partial charge < -0.3 is 11.2 Å². The van der Waals surface area contributed by atoms with E-state index in [4.69, 9.17) is 23.2 Å². The number of hydrogen-bond acceptors (Lipinski definition) is 6. The highest BCUT2D eigenvalue weighted by Gasteiger charge is 2.34. The van der Waals surface area contributed by atoms with Crippen LogP contribution in [0.15, 0.2) is 17.2 Å². The van der Waals surface area contributed by atoms with Gasteiger partial charge in [-0.3, -0.25) is 4.79 Å². The Kier molecular flexibility index (Phi) is 4.92. The number of carbonyl (C=O) groups is 1. The normalized spacial score (nSPS) is 14.6. The van der Waals surface area contributed by atoms with E-state index in [1.54, 1.807) is 6.92 Å². The molecule has 0 aliphatic rings. The average Bonchev–Trinajstić information content (AvgIpc) is 2.37. The van der Waals surface area contributed by atoms with E-state index in [-0.39, 0.29) is 22.2 Å². The Morgan fingerprint density at radius 1 is 1.55 bits per heavy atom. The summed E-state index contributed by atoms with van der Waals surface area (Å²) in [6.45, 7) is 3.04. The van der Waals surface area contributed by atoms with Crippen LogP contribution in [0.25, 0.3) is 0 Å². The largest absolute Gasteiger partial charge is 0.368 e. The van der Waals surface area contributed by atoms with Crippen molar-refractivity contribution in [1.29, 1.82) is 0 Å². The lowest BCUT2D eigenvalue weighted by Crippen LogP contribution is -2.54. The first-order valence-electron chi connectivity index (χ1n) is 5.62. The van der Waals surface area contributed by atoms with Crippen LogP contribution in [-0.2, 0) is 14.8 Å². The van der Waals surface area contributed by atoms with Gasteiger partial charge in [0.15, 0.2) is 5.82 Å². The van der Waals surface area contributed by atoms with Crippen LogP contribution in [-0.4, -0.2) is 24.8 Å². The molecule has 8 nitrogen and oxygen atoms in total. The summed E-state index contributed by atoms with van der Waals surface area (Å²) in [5.74, 6) is 4.51. The number of sulfonamides is 1. The molecule has 0 radical (unpaired) electrons. The highest BCUT2D eigenvalue weighted by atomic mass is 35.5. The molecule has 1 heterocycles. The van der Waals surface area contributed by atoms with E-state index in [9.17, 15) is 13.2 Å². The minimum absolute atomic E-state index is 0.0349. The number of halogens is 1. The van der Waals surface area contributed by atoms with Crippen LogP contribution in [0.1, 0.15) is 20.3 Å². The number of hydrogen-bond donors (Lipinski definition) is 4. The Morgan fingerprint density at radius 2 is 2.15 bits per heavy atom. The SMILES string of the molecule is CCC(C)(NS(=O)(=O)c1cnc(NN)c(Cl)c1)C(N)=O. The summed E-state index contributed by atoms with van der Waals surface area (Å²) in [7, 11) is -3.99. The number of rotatable bonds is 6. The van der Waals surface area contributed by atoms with Crippen molar-refractivity contribution < 1.29 is 13.2 Å². The van der Waals surface area contributed by atoms with Gasteiger partial charge in [0.05, 0.1) is 5.02 Å². The number of carbonyl (C=O) groups excluding carboxylic acids is 1. The molecule has 112 valence electrons. The molecule has 1 atom stereocenters. The monoisotopic (exact) mass is 321 g/mol. The number of primary amides is 1. The van der Waals surface area contributed by atoms with Gasteiger partial charge in [-0.1, -0.05) is 18.5 Å². The summed E-state index contributed by atoms with van der Waals surface area (Å²) >= 11 is 5.81. The predicted molar refractivity (Wildman–Crippen MR) is 75.3 cm³/mol. The number of nitrogen functional groups attached to an aromatic ring is 1. The fourth-order valence-corrected chi connectivity index (χ4v) is 3.03. The molecule has 6 N–H and O–H groups in total. The Labute approximate surface area is 121 Å². The molecule has 1 unspecified atom stereocenters. The molecular weight excluding hydrogens is 306 g/mol. The van der Waals surface area contributed by atoms with Crippen molar-refractivity contribution >= 4 is 33.3 Å². The van der Waals surface area contributed by atoms with Crippen LogP contribution in [0.4, 0.5) is 5.82 Å². The summed E-state index contributed by atoms with van der Waals surface area (Å²) < 4.78 is 26.6. The summed E-state index contributed by atoms with van der Waals surface area (Å²) in [4.78, 5) is 14.9. The van der Waals surface area contributed by atoms with Crippen LogP contribution >= 0.6 is 11.6 Å². The average molecular weight is 322 g/mol. The van der Waals surface area contributed by atoms with Crippen molar-refractivity contribution in [1.82, 2.24) is 9.71 Å². The number of aromatic nitrogens is 1. The van der Waals surface area contributed by atoms with Gasteiger partial charge in [0, 0.05) is 6.20 Å². The highest BCUT2D eigenvalue weighted by molar-refractivity contribution is 7.89. The maximum Gasteiger partial charge on any atom is 0.243 e. The number of amides is 1. The van der Waals surface area contributed by atoms with E-state index in [2.05, 4.69) is 15.1 Å². The molecule has 0 bridgehead atoms. The topological polar surface area (TPSA) is 140 Å². The number of nitrogens with two attached hydrogens (primary N) is 2. The van der Waals surface area contributed by atoms with Crippen LogP contribution in [0.2, 0.25) is 5.02 Å². The zero-order valence-electron chi connectivity index (χ0n) is 11.0. The molecule has 1 aromatic rings. The van der Waals surface area contributed by atoms with Crippen molar-refractivity contribution in [3.8, 4) is 0 Å². The minimum atomic E-state index is -3.99. The highest BCUT2D eigenvalue weighted by Crippen LogP contribution is 2.23. The standard InChI is InChI=1S/C10H16ClN5O3S/c1-3-10(2,9(12)17)16-20(18,19)6-4-7(11)8(15-13)14-5-6/h4-5,16H,3,13H2,1-2H3,(H2,12,17)(H,14,15). The number of nitrogens with one attached hydrogen (secondary N) is 2. The Morgan fingerprint density at radius 3 is 2.55 bits per heavy atom. The van der Waals surface area contributed by atoms with Gasteiger partial charge in [-0.25, -0.2) is 19.2 Å². The van der Waals surface area contributed by atoms with E-state index in [0.717, 1.165) is 6.20 Å². The maximum atomic E-state index is 12.2. The number of pyridine rings is 1. The molecule has 0 aliphatic carbocycles. The lowest BCUT2D eigenvalue weighted by atomic mass is 10.0. The van der Waals surface area contributed by atoms with Gasteiger partial charge in [0.25, 0.3) is 0 Å².